The Kier molecular flexibility index (Phi) is 6.17. The van der Waals surface area contributed by atoms with Gasteiger partial charge in [0.2, 0.25) is 0 Å². The van der Waals surface area contributed by atoms with Crippen LogP contribution >= 0.6 is 0 Å². The Hall–Kier alpha value is -0.160. The molecule has 0 aromatic heterocycles. The fourth-order valence-electron chi connectivity index (χ4n) is 1.86. The second kappa shape index (κ2) is 7.17. The highest BCUT2D eigenvalue weighted by molar-refractivity contribution is 4.70. The first-order valence-corrected chi connectivity index (χ1v) is 6.02. The lowest BCUT2D eigenvalue weighted by Gasteiger charge is -2.33. The first-order chi connectivity index (χ1) is 7.22. The Morgan fingerprint density at radius 2 is 1.80 bits per heavy atom. The Bertz CT molecular complexity index is 155. The van der Waals surface area contributed by atoms with Crippen LogP contribution in [0.5, 0.6) is 0 Å². The van der Waals surface area contributed by atoms with E-state index in [1.165, 1.54) is 39.3 Å². The summed E-state index contributed by atoms with van der Waals surface area (Å²) in [5, 5.41) is 0. The van der Waals surface area contributed by atoms with Gasteiger partial charge in [0.15, 0.2) is 0 Å². The fourth-order valence-corrected chi connectivity index (χ4v) is 1.86. The van der Waals surface area contributed by atoms with E-state index in [1.807, 2.05) is 0 Å². The predicted molar refractivity (Wildman–Crippen MR) is 65.1 cm³/mol. The lowest BCUT2D eigenvalue weighted by atomic mass is 10.3. The van der Waals surface area contributed by atoms with Crippen molar-refractivity contribution in [1.82, 2.24) is 14.7 Å². The lowest BCUT2D eigenvalue weighted by Crippen LogP contribution is -2.46. The fraction of sp³-hybridized carbons (Fsp3) is 1.00. The number of nitrogens with zero attached hydrogens (tertiary/aromatic N) is 3. The largest absolute Gasteiger partial charge is 0.330 e. The summed E-state index contributed by atoms with van der Waals surface area (Å²) in [6, 6.07) is 0. The highest BCUT2D eigenvalue weighted by Crippen LogP contribution is 1.99. The highest BCUT2D eigenvalue weighted by atomic mass is 15.3. The minimum absolute atomic E-state index is 0.804. The zero-order valence-electron chi connectivity index (χ0n) is 10.3. The van der Waals surface area contributed by atoms with Gasteiger partial charge in [-0.25, -0.2) is 0 Å². The molecule has 0 saturated carbocycles. The molecule has 90 valence electrons. The molecule has 1 aliphatic heterocycles. The van der Waals surface area contributed by atoms with Crippen LogP contribution in [0.3, 0.4) is 0 Å². The molecule has 2 N–H and O–H groups in total. The van der Waals surface area contributed by atoms with Gasteiger partial charge < -0.3 is 15.5 Å². The van der Waals surface area contributed by atoms with Gasteiger partial charge in [0.05, 0.1) is 0 Å². The maximum atomic E-state index is 5.49. The summed E-state index contributed by atoms with van der Waals surface area (Å²) < 4.78 is 0. The number of nitrogens with two attached hydrogens (primary N) is 1. The minimum Gasteiger partial charge on any atom is -0.330 e. The van der Waals surface area contributed by atoms with Crippen LogP contribution in [0, 0.1) is 0 Å². The van der Waals surface area contributed by atoms with Crippen LogP contribution in [-0.2, 0) is 0 Å². The molecular weight excluding hydrogens is 188 g/mol. The Balaban J connectivity index is 2.04. The van der Waals surface area contributed by atoms with E-state index in [0.717, 1.165) is 19.5 Å². The number of rotatable bonds is 6. The van der Waals surface area contributed by atoms with Crippen molar-refractivity contribution in [1.29, 1.82) is 0 Å². The molecule has 1 saturated heterocycles. The molecule has 1 fully saturated rings. The van der Waals surface area contributed by atoms with Crippen molar-refractivity contribution in [2.75, 3.05) is 66.5 Å². The normalized spacial score (nSPS) is 20.0. The summed E-state index contributed by atoms with van der Waals surface area (Å²) in [5.74, 6) is 0. The molecule has 0 atom stereocenters. The number of hydrogen-bond donors (Lipinski definition) is 1. The molecule has 0 bridgehead atoms. The average Bonchev–Trinajstić information content (AvgIpc) is 2.25. The van der Waals surface area contributed by atoms with Crippen LogP contribution in [-0.4, -0.2) is 81.2 Å². The first-order valence-electron chi connectivity index (χ1n) is 6.02. The van der Waals surface area contributed by atoms with Gasteiger partial charge in [0, 0.05) is 39.3 Å². The van der Waals surface area contributed by atoms with E-state index < -0.39 is 0 Å². The standard InChI is InChI=1S/C11H26N4/c1-13(5-3-4-12)6-9-15-10-7-14(2)8-11-15/h3-12H2,1-2H3. The van der Waals surface area contributed by atoms with Gasteiger partial charge >= 0.3 is 0 Å². The van der Waals surface area contributed by atoms with Crippen molar-refractivity contribution >= 4 is 0 Å². The quantitative estimate of drug-likeness (QED) is 0.647. The van der Waals surface area contributed by atoms with Crippen LogP contribution in [0.4, 0.5) is 0 Å². The second-order valence-electron chi connectivity index (χ2n) is 4.59. The average molecular weight is 214 g/mol. The van der Waals surface area contributed by atoms with Crippen molar-refractivity contribution in [3.63, 3.8) is 0 Å². The Morgan fingerprint density at radius 1 is 1.13 bits per heavy atom. The van der Waals surface area contributed by atoms with Gasteiger partial charge in [-0.15, -0.1) is 0 Å². The molecule has 0 aromatic carbocycles. The van der Waals surface area contributed by atoms with Gasteiger partial charge in [0.1, 0.15) is 0 Å². The van der Waals surface area contributed by atoms with E-state index >= 15 is 0 Å². The van der Waals surface area contributed by atoms with Crippen LogP contribution in [0.2, 0.25) is 0 Å². The number of hydrogen-bond acceptors (Lipinski definition) is 4. The van der Waals surface area contributed by atoms with Crippen molar-refractivity contribution < 1.29 is 0 Å². The molecule has 15 heavy (non-hydrogen) atoms. The monoisotopic (exact) mass is 214 g/mol. The molecule has 0 unspecified atom stereocenters. The number of piperazine rings is 1. The van der Waals surface area contributed by atoms with Crippen molar-refractivity contribution in [2.45, 2.75) is 6.42 Å². The zero-order valence-corrected chi connectivity index (χ0v) is 10.3. The summed E-state index contributed by atoms with van der Waals surface area (Å²) in [4.78, 5) is 7.33. The van der Waals surface area contributed by atoms with Gasteiger partial charge in [-0.1, -0.05) is 0 Å². The maximum Gasteiger partial charge on any atom is 0.0110 e. The molecule has 0 aromatic rings. The highest BCUT2D eigenvalue weighted by Gasteiger charge is 2.13. The topological polar surface area (TPSA) is 35.7 Å². The molecule has 0 radical (unpaired) electrons. The molecule has 1 aliphatic rings. The van der Waals surface area contributed by atoms with E-state index in [1.54, 1.807) is 0 Å². The van der Waals surface area contributed by atoms with Crippen LogP contribution < -0.4 is 5.73 Å². The van der Waals surface area contributed by atoms with E-state index in [-0.39, 0.29) is 0 Å². The summed E-state index contributed by atoms with van der Waals surface area (Å²) in [7, 11) is 4.39. The lowest BCUT2D eigenvalue weighted by molar-refractivity contribution is 0.140. The summed E-state index contributed by atoms with van der Waals surface area (Å²) in [6.07, 6.45) is 1.11. The van der Waals surface area contributed by atoms with Gasteiger partial charge in [-0.05, 0) is 33.6 Å². The zero-order chi connectivity index (χ0) is 11.1. The molecule has 4 nitrogen and oxygen atoms in total. The molecule has 0 aliphatic carbocycles. The Labute approximate surface area is 94.0 Å². The third-order valence-corrected chi connectivity index (χ3v) is 3.14. The van der Waals surface area contributed by atoms with Crippen LogP contribution in [0.25, 0.3) is 0 Å². The molecular formula is C11H26N4. The molecule has 1 heterocycles. The third-order valence-electron chi connectivity index (χ3n) is 3.14. The first kappa shape index (κ1) is 12.9. The maximum absolute atomic E-state index is 5.49. The minimum atomic E-state index is 0.804. The smallest absolute Gasteiger partial charge is 0.0110 e. The third kappa shape index (κ3) is 5.47. The van der Waals surface area contributed by atoms with Crippen molar-refractivity contribution in [3.8, 4) is 0 Å². The van der Waals surface area contributed by atoms with Gasteiger partial charge in [0.25, 0.3) is 0 Å². The van der Waals surface area contributed by atoms with Crippen LogP contribution in [0.1, 0.15) is 6.42 Å². The summed E-state index contributed by atoms with van der Waals surface area (Å²) in [5.41, 5.74) is 5.49. The van der Waals surface area contributed by atoms with Crippen molar-refractivity contribution in [2.24, 2.45) is 5.73 Å². The van der Waals surface area contributed by atoms with Crippen molar-refractivity contribution in [3.05, 3.63) is 0 Å². The SMILES string of the molecule is CN(CCCN)CCN1CCN(C)CC1. The van der Waals surface area contributed by atoms with E-state index in [0.29, 0.717) is 0 Å². The molecule has 0 spiro atoms. The van der Waals surface area contributed by atoms with E-state index in [9.17, 15) is 0 Å². The number of likely N-dealkylation sites (N-methyl/N-ethyl adjacent to an activating group) is 2. The van der Waals surface area contributed by atoms with E-state index in [4.69, 9.17) is 5.73 Å². The van der Waals surface area contributed by atoms with Gasteiger partial charge in [-0.3, -0.25) is 4.90 Å². The summed E-state index contributed by atoms with van der Waals surface area (Å²) >= 11 is 0. The molecule has 0 amide bonds. The molecule has 4 heteroatoms. The van der Waals surface area contributed by atoms with Gasteiger partial charge in [-0.2, -0.15) is 0 Å². The van der Waals surface area contributed by atoms with E-state index in [2.05, 4.69) is 28.8 Å². The second-order valence-corrected chi connectivity index (χ2v) is 4.59. The molecule has 1 rings (SSSR count). The Morgan fingerprint density at radius 3 is 2.40 bits per heavy atom. The summed E-state index contributed by atoms with van der Waals surface area (Å²) in [6.45, 7) is 9.18. The van der Waals surface area contributed by atoms with Crippen LogP contribution in [0.15, 0.2) is 0 Å². The predicted octanol–water partition coefficient (Wildman–Crippen LogP) is -0.486.